The number of aliphatic imine (C=N–C) groups is 1. The van der Waals surface area contributed by atoms with Gasteiger partial charge < -0.3 is 4.42 Å². The molecule has 0 fully saturated rings. The summed E-state index contributed by atoms with van der Waals surface area (Å²) in [6.07, 6.45) is 1.61. The maximum atomic E-state index is 13.4. The van der Waals surface area contributed by atoms with Gasteiger partial charge in [-0.25, -0.2) is 4.39 Å². The molecule has 0 bridgehead atoms. The Labute approximate surface area is 176 Å². The lowest BCUT2D eigenvalue weighted by Crippen LogP contribution is -1.86. The normalized spacial score (nSPS) is 11.1. The highest BCUT2D eigenvalue weighted by Gasteiger charge is 2.06. The molecular formula is C23H15FN2O3S. The Kier molecular flexibility index (Phi) is 5.72. The standard InChI is InChI=1S/C23H15FN2O3S/c24-17-3-1-2-16(14-17)23-13-8-20(29-23)15-25-18-4-9-21(10-5-18)30-22-11-6-19(7-12-22)26(27)28/h1-15H. The first-order valence-electron chi connectivity index (χ1n) is 8.99. The number of furan rings is 1. The Balaban J connectivity index is 1.41. The number of nitro benzene ring substituents is 1. The summed E-state index contributed by atoms with van der Waals surface area (Å²) in [5, 5.41) is 10.7. The largest absolute Gasteiger partial charge is 0.455 e. The third kappa shape index (κ3) is 4.82. The minimum absolute atomic E-state index is 0.0718. The predicted octanol–water partition coefficient (Wildman–Crippen LogP) is 6.90. The molecule has 0 radical (unpaired) electrons. The number of non-ortho nitro benzene ring substituents is 1. The minimum Gasteiger partial charge on any atom is -0.455 e. The molecule has 7 heteroatoms. The highest BCUT2D eigenvalue weighted by Crippen LogP contribution is 2.30. The molecule has 148 valence electrons. The van der Waals surface area contributed by atoms with Crippen molar-refractivity contribution >= 4 is 29.4 Å². The van der Waals surface area contributed by atoms with Crippen LogP contribution in [-0.4, -0.2) is 11.1 Å². The van der Waals surface area contributed by atoms with Gasteiger partial charge >= 0.3 is 0 Å². The van der Waals surface area contributed by atoms with Crippen molar-refractivity contribution < 1.29 is 13.7 Å². The quantitative estimate of drug-likeness (QED) is 0.194. The Morgan fingerprint density at radius 2 is 1.63 bits per heavy atom. The van der Waals surface area contributed by atoms with Crippen LogP contribution in [0.4, 0.5) is 15.8 Å². The zero-order valence-electron chi connectivity index (χ0n) is 15.6. The highest BCUT2D eigenvalue weighted by atomic mass is 32.2. The first-order valence-corrected chi connectivity index (χ1v) is 9.81. The molecule has 0 atom stereocenters. The SMILES string of the molecule is O=[N+]([O-])c1ccc(Sc2ccc(N=Cc3ccc(-c4cccc(F)c4)o3)cc2)cc1. The molecule has 30 heavy (non-hydrogen) atoms. The fourth-order valence-electron chi connectivity index (χ4n) is 2.73. The zero-order chi connectivity index (χ0) is 20.9. The fraction of sp³-hybridized carbons (Fsp3) is 0. The van der Waals surface area contributed by atoms with Gasteiger partial charge in [-0.05, 0) is 60.7 Å². The maximum absolute atomic E-state index is 13.4. The van der Waals surface area contributed by atoms with Crippen molar-refractivity contribution in [1.82, 2.24) is 0 Å². The number of nitro groups is 1. The predicted molar refractivity (Wildman–Crippen MR) is 115 cm³/mol. The molecule has 5 nitrogen and oxygen atoms in total. The van der Waals surface area contributed by atoms with Gasteiger partial charge in [-0.15, -0.1) is 0 Å². The molecule has 0 saturated heterocycles. The van der Waals surface area contributed by atoms with E-state index in [0.717, 1.165) is 15.5 Å². The van der Waals surface area contributed by atoms with Crippen LogP contribution in [0.3, 0.4) is 0 Å². The summed E-state index contributed by atoms with van der Waals surface area (Å²) in [4.78, 5) is 16.6. The van der Waals surface area contributed by atoms with E-state index < -0.39 is 4.92 Å². The molecule has 0 spiro atoms. The molecule has 0 saturated carbocycles. The molecule has 0 unspecified atom stereocenters. The Morgan fingerprint density at radius 3 is 2.30 bits per heavy atom. The number of hydrogen-bond donors (Lipinski definition) is 0. The van der Waals surface area contributed by atoms with Gasteiger partial charge in [-0.1, -0.05) is 23.9 Å². The molecule has 0 aliphatic carbocycles. The van der Waals surface area contributed by atoms with E-state index in [0.29, 0.717) is 17.1 Å². The van der Waals surface area contributed by atoms with E-state index >= 15 is 0 Å². The van der Waals surface area contributed by atoms with Gasteiger partial charge in [0.15, 0.2) is 0 Å². The van der Waals surface area contributed by atoms with Gasteiger partial charge in [0, 0.05) is 27.5 Å². The second-order valence-electron chi connectivity index (χ2n) is 6.32. The van der Waals surface area contributed by atoms with Crippen LogP contribution in [0.5, 0.6) is 0 Å². The number of hydrogen-bond acceptors (Lipinski definition) is 5. The van der Waals surface area contributed by atoms with Crippen LogP contribution < -0.4 is 0 Å². The topological polar surface area (TPSA) is 68.6 Å². The lowest BCUT2D eigenvalue weighted by molar-refractivity contribution is -0.384. The Bertz CT molecular complexity index is 1200. The van der Waals surface area contributed by atoms with Crippen LogP contribution in [-0.2, 0) is 0 Å². The molecular weight excluding hydrogens is 403 g/mol. The first-order chi connectivity index (χ1) is 14.6. The third-order valence-corrected chi connectivity index (χ3v) is 5.21. The average molecular weight is 418 g/mol. The van der Waals surface area contributed by atoms with Crippen LogP contribution in [0.25, 0.3) is 11.3 Å². The van der Waals surface area contributed by atoms with E-state index in [-0.39, 0.29) is 11.5 Å². The van der Waals surface area contributed by atoms with E-state index in [4.69, 9.17) is 4.42 Å². The van der Waals surface area contributed by atoms with Gasteiger partial charge in [0.2, 0.25) is 0 Å². The van der Waals surface area contributed by atoms with Crippen LogP contribution in [0.15, 0.2) is 104 Å². The minimum atomic E-state index is -0.415. The van der Waals surface area contributed by atoms with E-state index in [1.807, 2.05) is 24.3 Å². The highest BCUT2D eigenvalue weighted by molar-refractivity contribution is 7.99. The van der Waals surface area contributed by atoms with Crippen molar-refractivity contribution in [3.05, 3.63) is 107 Å². The summed E-state index contributed by atoms with van der Waals surface area (Å²) in [5.74, 6) is 0.829. The summed E-state index contributed by atoms with van der Waals surface area (Å²) in [6, 6.07) is 23.8. The summed E-state index contributed by atoms with van der Waals surface area (Å²) < 4.78 is 19.1. The molecule has 0 aliphatic heterocycles. The van der Waals surface area contributed by atoms with Gasteiger partial charge in [-0.3, -0.25) is 15.1 Å². The van der Waals surface area contributed by atoms with E-state index in [9.17, 15) is 14.5 Å². The van der Waals surface area contributed by atoms with Crippen molar-refractivity contribution in [2.24, 2.45) is 4.99 Å². The lowest BCUT2D eigenvalue weighted by atomic mass is 10.2. The Hall–Kier alpha value is -3.71. The van der Waals surface area contributed by atoms with Crippen LogP contribution in [0.1, 0.15) is 5.76 Å². The van der Waals surface area contributed by atoms with Crippen LogP contribution in [0.2, 0.25) is 0 Å². The van der Waals surface area contributed by atoms with Crippen molar-refractivity contribution in [3.8, 4) is 11.3 Å². The smallest absolute Gasteiger partial charge is 0.269 e. The molecule has 3 aromatic carbocycles. The van der Waals surface area contributed by atoms with Gasteiger partial charge in [0.25, 0.3) is 5.69 Å². The first kappa shape index (κ1) is 19.6. The third-order valence-electron chi connectivity index (χ3n) is 4.20. The number of nitrogens with zero attached hydrogens (tertiary/aromatic N) is 2. The number of rotatable bonds is 6. The van der Waals surface area contributed by atoms with Gasteiger partial charge in [0.05, 0.1) is 16.8 Å². The summed E-state index contributed by atoms with van der Waals surface area (Å²) >= 11 is 1.51. The van der Waals surface area contributed by atoms with Crippen molar-refractivity contribution in [3.63, 3.8) is 0 Å². The molecule has 4 rings (SSSR count). The zero-order valence-corrected chi connectivity index (χ0v) is 16.4. The average Bonchev–Trinajstić information content (AvgIpc) is 3.23. The Morgan fingerprint density at radius 1 is 0.933 bits per heavy atom. The number of benzene rings is 3. The van der Waals surface area contributed by atoms with E-state index in [2.05, 4.69) is 4.99 Å². The molecule has 0 N–H and O–H groups in total. The summed E-state index contributed by atoms with van der Waals surface area (Å²) in [7, 11) is 0. The number of halogens is 1. The lowest BCUT2D eigenvalue weighted by Gasteiger charge is -2.02. The monoisotopic (exact) mass is 418 g/mol. The summed E-state index contributed by atoms with van der Waals surface area (Å²) in [6.45, 7) is 0. The van der Waals surface area contributed by atoms with E-state index in [1.165, 1.54) is 36.0 Å². The van der Waals surface area contributed by atoms with E-state index in [1.54, 1.807) is 42.6 Å². The fourth-order valence-corrected chi connectivity index (χ4v) is 3.55. The van der Waals surface area contributed by atoms with Crippen molar-refractivity contribution in [2.45, 2.75) is 9.79 Å². The molecule has 0 amide bonds. The van der Waals surface area contributed by atoms with Crippen LogP contribution >= 0.6 is 11.8 Å². The molecule has 0 aliphatic rings. The molecule has 4 aromatic rings. The molecule has 1 aromatic heterocycles. The maximum Gasteiger partial charge on any atom is 0.269 e. The van der Waals surface area contributed by atoms with Gasteiger partial charge in [0.1, 0.15) is 17.3 Å². The van der Waals surface area contributed by atoms with Crippen LogP contribution in [0, 0.1) is 15.9 Å². The second kappa shape index (κ2) is 8.75. The van der Waals surface area contributed by atoms with Crippen molar-refractivity contribution in [1.29, 1.82) is 0 Å². The second-order valence-corrected chi connectivity index (χ2v) is 7.46. The van der Waals surface area contributed by atoms with Crippen molar-refractivity contribution in [2.75, 3.05) is 0 Å². The summed E-state index contributed by atoms with van der Waals surface area (Å²) in [5.41, 5.74) is 1.50. The molecule has 1 heterocycles. The van der Waals surface area contributed by atoms with Gasteiger partial charge in [-0.2, -0.15) is 0 Å².